The van der Waals surface area contributed by atoms with E-state index in [4.69, 9.17) is 0 Å². The Bertz CT molecular complexity index is 934. The molecule has 1 atom stereocenters. The summed E-state index contributed by atoms with van der Waals surface area (Å²) in [6.45, 7) is 8.21. The minimum Gasteiger partial charge on any atom is -0.349 e. The van der Waals surface area contributed by atoms with E-state index >= 15 is 0 Å². The SMILES string of the molecule is Cc1ccc(-c2nc(SCC(=O)N[C@@H](C)c3ccc(C)c(C)c3)n[nH]2)cc1. The van der Waals surface area contributed by atoms with Crippen molar-refractivity contribution in [2.45, 2.75) is 38.9 Å². The van der Waals surface area contributed by atoms with Crippen molar-refractivity contribution in [3.8, 4) is 11.4 Å². The molecule has 1 amide bonds. The van der Waals surface area contributed by atoms with Gasteiger partial charge in [-0.1, -0.05) is 59.8 Å². The van der Waals surface area contributed by atoms with Crippen molar-refractivity contribution in [2.24, 2.45) is 0 Å². The maximum Gasteiger partial charge on any atom is 0.230 e. The molecule has 2 aromatic carbocycles. The number of rotatable bonds is 6. The molecule has 0 saturated heterocycles. The molecule has 0 unspecified atom stereocenters. The molecule has 0 aliphatic rings. The van der Waals surface area contributed by atoms with E-state index in [1.54, 1.807) is 0 Å². The van der Waals surface area contributed by atoms with Gasteiger partial charge in [0.2, 0.25) is 11.1 Å². The summed E-state index contributed by atoms with van der Waals surface area (Å²) in [6, 6.07) is 14.3. The van der Waals surface area contributed by atoms with Crippen LogP contribution in [0.25, 0.3) is 11.4 Å². The standard InChI is InChI=1S/C21H24N4OS/c1-13-5-8-17(9-6-13)20-23-21(25-24-20)27-12-19(26)22-16(4)18-10-7-14(2)15(3)11-18/h5-11,16H,12H2,1-4H3,(H,22,26)(H,23,24,25)/t16-/m0/s1. The summed E-state index contributed by atoms with van der Waals surface area (Å²) in [5.41, 5.74) is 5.76. The van der Waals surface area contributed by atoms with Gasteiger partial charge < -0.3 is 5.32 Å². The molecule has 140 valence electrons. The zero-order valence-corrected chi connectivity index (χ0v) is 16.9. The van der Waals surface area contributed by atoms with E-state index in [1.807, 2.05) is 38.1 Å². The zero-order valence-electron chi connectivity index (χ0n) is 16.0. The van der Waals surface area contributed by atoms with Crippen LogP contribution in [0.2, 0.25) is 0 Å². The van der Waals surface area contributed by atoms with E-state index in [2.05, 4.69) is 52.5 Å². The minimum absolute atomic E-state index is 0.0346. The van der Waals surface area contributed by atoms with E-state index < -0.39 is 0 Å². The van der Waals surface area contributed by atoms with Crippen LogP contribution in [0, 0.1) is 20.8 Å². The van der Waals surface area contributed by atoms with Crippen LogP contribution in [-0.2, 0) is 4.79 Å². The van der Waals surface area contributed by atoms with E-state index in [-0.39, 0.29) is 17.7 Å². The molecule has 1 aromatic heterocycles. The van der Waals surface area contributed by atoms with Gasteiger partial charge >= 0.3 is 0 Å². The van der Waals surface area contributed by atoms with Gasteiger partial charge in [0.15, 0.2) is 5.82 Å². The lowest BCUT2D eigenvalue weighted by Crippen LogP contribution is -2.28. The summed E-state index contributed by atoms with van der Waals surface area (Å²) >= 11 is 1.32. The number of aromatic amines is 1. The Balaban J connectivity index is 1.54. The average Bonchev–Trinajstić information content (AvgIpc) is 3.12. The highest BCUT2D eigenvalue weighted by molar-refractivity contribution is 7.99. The molecule has 0 spiro atoms. The molecule has 0 radical (unpaired) electrons. The van der Waals surface area contributed by atoms with Crippen molar-refractivity contribution >= 4 is 17.7 Å². The largest absolute Gasteiger partial charge is 0.349 e. The third kappa shape index (κ3) is 4.98. The number of hydrogen-bond donors (Lipinski definition) is 2. The van der Waals surface area contributed by atoms with Crippen LogP contribution < -0.4 is 5.32 Å². The number of benzene rings is 2. The molecule has 0 fully saturated rings. The predicted octanol–water partition coefficient (Wildman–Crippen LogP) is 4.37. The normalized spacial score (nSPS) is 12.0. The highest BCUT2D eigenvalue weighted by Gasteiger charge is 2.12. The lowest BCUT2D eigenvalue weighted by atomic mass is 10.0. The molecule has 0 aliphatic carbocycles. The minimum atomic E-state index is -0.0348. The number of thioether (sulfide) groups is 1. The van der Waals surface area contributed by atoms with Crippen LogP contribution in [0.1, 0.15) is 35.2 Å². The monoisotopic (exact) mass is 380 g/mol. The third-order valence-corrected chi connectivity index (χ3v) is 5.38. The fourth-order valence-electron chi connectivity index (χ4n) is 2.68. The number of amides is 1. The van der Waals surface area contributed by atoms with Crippen LogP contribution in [-0.4, -0.2) is 26.8 Å². The maximum absolute atomic E-state index is 12.3. The van der Waals surface area contributed by atoms with Crippen LogP contribution in [0.15, 0.2) is 47.6 Å². The highest BCUT2D eigenvalue weighted by Crippen LogP contribution is 2.20. The number of nitrogens with zero attached hydrogens (tertiary/aromatic N) is 2. The van der Waals surface area contributed by atoms with Gasteiger partial charge in [-0.05, 0) is 44.4 Å². The molecule has 0 aliphatic heterocycles. The second kappa shape index (κ2) is 8.39. The summed E-state index contributed by atoms with van der Waals surface area (Å²) in [6.07, 6.45) is 0. The molecule has 3 aromatic rings. The molecular formula is C21H24N4OS. The average molecular weight is 381 g/mol. The number of nitrogens with one attached hydrogen (secondary N) is 2. The van der Waals surface area contributed by atoms with E-state index in [1.165, 1.54) is 28.5 Å². The quantitative estimate of drug-likeness (QED) is 0.623. The number of aromatic nitrogens is 3. The van der Waals surface area contributed by atoms with Crippen LogP contribution in [0.4, 0.5) is 0 Å². The van der Waals surface area contributed by atoms with E-state index in [0.717, 1.165) is 11.1 Å². The van der Waals surface area contributed by atoms with Gasteiger partial charge in [-0.2, -0.15) is 0 Å². The van der Waals surface area contributed by atoms with Crippen molar-refractivity contribution < 1.29 is 4.79 Å². The fourth-order valence-corrected chi connectivity index (χ4v) is 3.29. The summed E-state index contributed by atoms with van der Waals surface area (Å²) in [5, 5.41) is 10.7. The Morgan fingerprint density at radius 1 is 1.11 bits per heavy atom. The van der Waals surface area contributed by atoms with E-state index in [9.17, 15) is 4.79 Å². The first-order valence-electron chi connectivity index (χ1n) is 8.91. The molecular weight excluding hydrogens is 356 g/mol. The first-order valence-corrected chi connectivity index (χ1v) is 9.89. The lowest BCUT2D eigenvalue weighted by molar-refractivity contribution is -0.119. The summed E-state index contributed by atoms with van der Waals surface area (Å²) in [4.78, 5) is 16.7. The van der Waals surface area contributed by atoms with Gasteiger partial charge in [-0.25, -0.2) is 4.98 Å². The Kier molecular flexibility index (Phi) is 5.96. The molecule has 6 heteroatoms. The van der Waals surface area contributed by atoms with Crippen molar-refractivity contribution in [1.29, 1.82) is 0 Å². The molecule has 0 bridgehead atoms. The highest BCUT2D eigenvalue weighted by atomic mass is 32.2. The topological polar surface area (TPSA) is 70.7 Å². The number of aryl methyl sites for hydroxylation is 3. The van der Waals surface area contributed by atoms with Gasteiger partial charge in [0.1, 0.15) is 0 Å². The molecule has 27 heavy (non-hydrogen) atoms. The van der Waals surface area contributed by atoms with Crippen LogP contribution in [0.5, 0.6) is 0 Å². The van der Waals surface area contributed by atoms with Gasteiger partial charge in [-0.15, -0.1) is 5.10 Å². The van der Waals surface area contributed by atoms with Crippen molar-refractivity contribution in [2.75, 3.05) is 5.75 Å². The number of hydrogen-bond acceptors (Lipinski definition) is 4. The van der Waals surface area contributed by atoms with Crippen molar-refractivity contribution in [1.82, 2.24) is 20.5 Å². The number of carbonyl (C=O) groups excluding carboxylic acids is 1. The molecule has 2 N–H and O–H groups in total. The summed E-state index contributed by atoms with van der Waals surface area (Å²) in [7, 11) is 0. The number of H-pyrrole nitrogens is 1. The molecule has 3 rings (SSSR count). The Labute approximate surface area is 164 Å². The smallest absolute Gasteiger partial charge is 0.230 e. The van der Waals surface area contributed by atoms with Crippen LogP contribution in [0.3, 0.4) is 0 Å². The second-order valence-corrected chi connectivity index (χ2v) is 7.70. The van der Waals surface area contributed by atoms with Gasteiger partial charge in [0.05, 0.1) is 11.8 Å². The van der Waals surface area contributed by atoms with Crippen LogP contribution >= 0.6 is 11.8 Å². The number of carbonyl (C=O) groups is 1. The zero-order chi connectivity index (χ0) is 19.4. The first kappa shape index (κ1) is 19.2. The van der Waals surface area contributed by atoms with Gasteiger partial charge in [-0.3, -0.25) is 9.89 Å². The summed E-state index contributed by atoms with van der Waals surface area (Å²) < 4.78 is 0. The van der Waals surface area contributed by atoms with Crippen molar-refractivity contribution in [3.63, 3.8) is 0 Å². The van der Waals surface area contributed by atoms with Gasteiger partial charge in [0, 0.05) is 5.56 Å². The predicted molar refractivity (Wildman–Crippen MR) is 110 cm³/mol. The first-order chi connectivity index (χ1) is 12.9. The Morgan fingerprint density at radius 2 is 1.85 bits per heavy atom. The molecule has 5 nitrogen and oxygen atoms in total. The Hall–Kier alpha value is -2.60. The second-order valence-electron chi connectivity index (χ2n) is 6.75. The maximum atomic E-state index is 12.3. The van der Waals surface area contributed by atoms with Crippen molar-refractivity contribution in [3.05, 3.63) is 64.7 Å². The van der Waals surface area contributed by atoms with E-state index in [0.29, 0.717) is 11.0 Å². The summed E-state index contributed by atoms with van der Waals surface area (Å²) in [5.74, 6) is 0.953. The Morgan fingerprint density at radius 3 is 2.56 bits per heavy atom. The fraction of sp³-hybridized carbons (Fsp3) is 0.286. The molecule has 1 heterocycles. The lowest BCUT2D eigenvalue weighted by Gasteiger charge is -2.15. The van der Waals surface area contributed by atoms with Gasteiger partial charge in [0.25, 0.3) is 0 Å². The third-order valence-electron chi connectivity index (χ3n) is 4.53. The molecule has 0 saturated carbocycles.